The number of carboxylic acids is 1. The van der Waals surface area contributed by atoms with Crippen LogP contribution < -0.4 is 10.0 Å². The van der Waals surface area contributed by atoms with Gasteiger partial charge in [0, 0.05) is 17.6 Å². The molecule has 2 aliphatic heterocycles. The van der Waals surface area contributed by atoms with E-state index in [0.717, 1.165) is 11.8 Å². The molecule has 6 nitrogen and oxygen atoms in total. The third-order valence-electron chi connectivity index (χ3n) is 5.77. The van der Waals surface area contributed by atoms with Crippen molar-refractivity contribution in [1.29, 1.82) is 0 Å². The summed E-state index contributed by atoms with van der Waals surface area (Å²) >= 11 is 0. The molecule has 2 bridgehead atoms. The number of sulfonamides is 1. The van der Waals surface area contributed by atoms with Crippen molar-refractivity contribution in [3.05, 3.63) is 59.9 Å². The molecular weight excluding hydrogens is 483 g/mol. The van der Waals surface area contributed by atoms with Gasteiger partial charge in [0.1, 0.15) is 11.5 Å². The van der Waals surface area contributed by atoms with E-state index in [1.54, 1.807) is 18.2 Å². The molecule has 186 valence electrons. The summed E-state index contributed by atoms with van der Waals surface area (Å²) in [6.07, 6.45) is -3.29. The third kappa shape index (κ3) is 6.10. The molecule has 1 aliphatic carbocycles. The number of halogens is 5. The van der Waals surface area contributed by atoms with Crippen molar-refractivity contribution in [2.45, 2.75) is 49.2 Å². The van der Waals surface area contributed by atoms with E-state index in [1.165, 1.54) is 0 Å². The van der Waals surface area contributed by atoms with Crippen molar-refractivity contribution >= 4 is 16.0 Å². The fraction of sp³-hybridized carbons (Fsp3) is 0.409. The lowest BCUT2D eigenvalue weighted by atomic mass is 9.65. The van der Waals surface area contributed by atoms with Crippen molar-refractivity contribution in [2.75, 3.05) is 6.26 Å². The summed E-state index contributed by atoms with van der Waals surface area (Å²) in [5.74, 6) is -3.11. The maximum atomic E-state index is 15.1. The fourth-order valence-corrected chi connectivity index (χ4v) is 5.14. The Morgan fingerprint density at radius 2 is 1.74 bits per heavy atom. The normalized spacial score (nSPS) is 26.1. The summed E-state index contributed by atoms with van der Waals surface area (Å²) < 4.78 is 87.8. The van der Waals surface area contributed by atoms with Crippen molar-refractivity contribution in [3.63, 3.8) is 0 Å². The number of aliphatic carboxylic acids is 1. The topological polar surface area (TPSA) is 95.5 Å². The Balaban J connectivity index is 0.000000406. The highest BCUT2D eigenvalue weighted by molar-refractivity contribution is 7.88. The summed E-state index contributed by atoms with van der Waals surface area (Å²) in [5, 5.41) is 10.4. The Hall–Kier alpha value is -2.57. The average Bonchev–Trinajstić information content (AvgIpc) is 2.70. The Labute approximate surface area is 193 Å². The van der Waals surface area contributed by atoms with Gasteiger partial charge >= 0.3 is 12.1 Å². The van der Waals surface area contributed by atoms with Gasteiger partial charge in [-0.05, 0) is 30.4 Å². The maximum Gasteiger partial charge on any atom is 0.490 e. The van der Waals surface area contributed by atoms with Crippen molar-refractivity contribution in [2.24, 2.45) is 0 Å². The average molecular weight is 506 g/mol. The van der Waals surface area contributed by atoms with Crippen LogP contribution in [0.2, 0.25) is 0 Å². The van der Waals surface area contributed by atoms with Crippen LogP contribution in [-0.2, 0) is 21.2 Å². The van der Waals surface area contributed by atoms with Crippen LogP contribution >= 0.6 is 0 Å². The van der Waals surface area contributed by atoms with Crippen LogP contribution in [0.5, 0.6) is 0 Å². The molecule has 3 fully saturated rings. The van der Waals surface area contributed by atoms with Crippen LogP contribution in [0.1, 0.15) is 18.4 Å². The smallest absolute Gasteiger partial charge is 0.475 e. The van der Waals surface area contributed by atoms with Crippen LogP contribution in [0.3, 0.4) is 0 Å². The number of hydrogen-bond donors (Lipinski definition) is 3. The molecule has 3 N–H and O–H groups in total. The summed E-state index contributed by atoms with van der Waals surface area (Å²) in [6.45, 7) is 0. The molecule has 2 aromatic carbocycles. The zero-order valence-electron chi connectivity index (χ0n) is 17.9. The number of alkyl halides is 4. The maximum absolute atomic E-state index is 15.1. The van der Waals surface area contributed by atoms with Crippen molar-refractivity contribution in [1.82, 2.24) is 10.0 Å². The minimum atomic E-state index is -5.08. The Morgan fingerprint density at radius 1 is 1.15 bits per heavy atom. The van der Waals surface area contributed by atoms with Gasteiger partial charge in [0.2, 0.25) is 10.0 Å². The second-order valence-electron chi connectivity index (χ2n) is 8.43. The molecule has 2 saturated heterocycles. The van der Waals surface area contributed by atoms with Gasteiger partial charge in [0.05, 0.1) is 12.3 Å². The summed E-state index contributed by atoms with van der Waals surface area (Å²) in [5.41, 5.74) is 0.122. The number of carbonyl (C=O) groups is 1. The first-order valence-corrected chi connectivity index (χ1v) is 12.1. The molecule has 2 atom stereocenters. The van der Waals surface area contributed by atoms with Crippen LogP contribution in [0.25, 0.3) is 11.1 Å². The van der Waals surface area contributed by atoms with Crippen LogP contribution in [0.15, 0.2) is 48.5 Å². The van der Waals surface area contributed by atoms with E-state index in [9.17, 15) is 21.6 Å². The van der Waals surface area contributed by atoms with E-state index < -0.39 is 39.9 Å². The number of fused-ring (bicyclic) bond motifs is 2. The lowest BCUT2D eigenvalue weighted by Crippen LogP contribution is -2.75. The van der Waals surface area contributed by atoms with Gasteiger partial charge in [-0.1, -0.05) is 48.5 Å². The molecule has 5 rings (SSSR count). The van der Waals surface area contributed by atoms with Crippen LogP contribution in [0.4, 0.5) is 22.0 Å². The van der Waals surface area contributed by atoms with Gasteiger partial charge in [-0.15, -0.1) is 0 Å². The first kappa shape index (κ1) is 26.0. The van der Waals surface area contributed by atoms with Gasteiger partial charge in [0.25, 0.3) is 0 Å². The van der Waals surface area contributed by atoms with Gasteiger partial charge < -0.3 is 10.4 Å². The van der Waals surface area contributed by atoms with Gasteiger partial charge in [-0.2, -0.15) is 13.2 Å². The minimum absolute atomic E-state index is 0.0120. The molecule has 1 saturated carbocycles. The predicted molar refractivity (Wildman–Crippen MR) is 115 cm³/mol. The second-order valence-corrected chi connectivity index (χ2v) is 10.2. The monoisotopic (exact) mass is 506 g/mol. The number of piperidine rings is 2. The quantitative estimate of drug-likeness (QED) is 0.541. The zero-order valence-corrected chi connectivity index (χ0v) is 18.8. The molecule has 2 aromatic rings. The molecular formula is C22H23F5N2O4S. The molecule has 12 heteroatoms. The first-order chi connectivity index (χ1) is 15.7. The lowest BCUT2D eigenvalue weighted by molar-refractivity contribution is -0.192. The van der Waals surface area contributed by atoms with Crippen LogP contribution in [-0.4, -0.2) is 55.7 Å². The number of carboxylic acid groups (broad SMARTS) is 1. The molecule has 0 radical (unpaired) electrons. The standard InChI is InChI=1S/C20H22F2N2O2S.C2HF3O2/c1-27(25,26)24-19-17(23-15-11-20(19,22)12-15)10-14-8-5-9-16(18(14)21)13-6-3-2-4-7-13;3-2(4,5)1(6)7/h2-9,15,17,19,23-24H,10-12H2,1H3;(H,6,7)/t15?,17-,19+,20?;/m0./s1. The van der Waals surface area contributed by atoms with E-state index in [0.29, 0.717) is 11.1 Å². The molecule has 3 aliphatic rings. The molecule has 0 spiro atoms. The predicted octanol–water partition coefficient (Wildman–Crippen LogP) is 3.43. The van der Waals surface area contributed by atoms with E-state index >= 15 is 8.78 Å². The first-order valence-electron chi connectivity index (χ1n) is 10.2. The Kier molecular flexibility index (Phi) is 7.34. The Morgan fingerprint density at radius 3 is 2.26 bits per heavy atom. The highest BCUT2D eigenvalue weighted by Gasteiger charge is 2.58. The zero-order chi connectivity index (χ0) is 25.3. The van der Waals surface area contributed by atoms with E-state index in [-0.39, 0.29) is 31.1 Å². The van der Waals surface area contributed by atoms with Gasteiger partial charge in [-0.25, -0.2) is 26.7 Å². The van der Waals surface area contributed by atoms with Crippen molar-refractivity contribution in [3.8, 4) is 11.1 Å². The third-order valence-corrected chi connectivity index (χ3v) is 6.45. The van der Waals surface area contributed by atoms with E-state index in [4.69, 9.17) is 9.90 Å². The largest absolute Gasteiger partial charge is 0.490 e. The molecule has 34 heavy (non-hydrogen) atoms. The summed E-state index contributed by atoms with van der Waals surface area (Å²) in [6, 6.07) is 13.0. The minimum Gasteiger partial charge on any atom is -0.475 e. The molecule has 0 amide bonds. The SMILES string of the molecule is CS(=O)(=O)N[C@@H]1[C@H](Cc2cccc(-c3ccccc3)c2F)NC2CC1(F)C2.O=C(O)C(F)(F)F. The molecule has 0 aromatic heterocycles. The highest BCUT2D eigenvalue weighted by Crippen LogP contribution is 2.45. The number of hydrogen-bond acceptors (Lipinski definition) is 4. The van der Waals surface area contributed by atoms with Crippen molar-refractivity contribution < 1.29 is 40.3 Å². The summed E-state index contributed by atoms with van der Waals surface area (Å²) in [7, 11) is -3.58. The highest BCUT2D eigenvalue weighted by atomic mass is 32.2. The second kappa shape index (κ2) is 9.59. The van der Waals surface area contributed by atoms with Gasteiger partial charge in [0.15, 0.2) is 0 Å². The Bertz CT molecular complexity index is 1140. The molecule has 2 heterocycles. The number of benzene rings is 2. The molecule has 0 unspecified atom stereocenters. The fourth-order valence-electron chi connectivity index (χ4n) is 4.30. The lowest BCUT2D eigenvalue weighted by Gasteiger charge is -2.55. The summed E-state index contributed by atoms with van der Waals surface area (Å²) in [4.78, 5) is 8.90. The van der Waals surface area contributed by atoms with Crippen LogP contribution in [0, 0.1) is 5.82 Å². The number of rotatable bonds is 5. The number of nitrogens with one attached hydrogen (secondary N) is 2. The van der Waals surface area contributed by atoms with E-state index in [2.05, 4.69) is 10.0 Å². The van der Waals surface area contributed by atoms with E-state index in [1.807, 2.05) is 30.3 Å². The van der Waals surface area contributed by atoms with Gasteiger partial charge in [-0.3, -0.25) is 0 Å².